The second kappa shape index (κ2) is 4.59. The van der Waals surface area contributed by atoms with E-state index in [1.165, 1.54) is 19.2 Å². The Labute approximate surface area is 86.1 Å². The van der Waals surface area contributed by atoms with Crippen molar-refractivity contribution in [3.8, 4) is 5.75 Å². The zero-order valence-corrected chi connectivity index (χ0v) is 6.35. The number of halogens is 3. The molecule has 0 spiro atoms. The summed E-state index contributed by atoms with van der Waals surface area (Å²) in [5, 5.41) is 0. The number of alkyl halides is 3. The van der Waals surface area contributed by atoms with E-state index in [0.29, 0.717) is 0 Å². The van der Waals surface area contributed by atoms with Crippen LogP contribution in [0.4, 0.5) is 13.2 Å². The summed E-state index contributed by atoms with van der Waals surface area (Å²) in [7, 11) is 1.33. The van der Waals surface area contributed by atoms with Crippen molar-refractivity contribution in [2.45, 2.75) is 6.18 Å². The van der Waals surface area contributed by atoms with E-state index in [9.17, 15) is 13.2 Å². The van der Waals surface area contributed by atoms with Crippen molar-refractivity contribution in [3.63, 3.8) is 0 Å². The molecule has 0 heterocycles. The quantitative estimate of drug-likeness (QED) is 0.607. The molecule has 0 amide bonds. The summed E-state index contributed by atoms with van der Waals surface area (Å²) in [6.45, 7) is 0. The van der Waals surface area contributed by atoms with Crippen LogP contribution in [0.25, 0.3) is 0 Å². The molecule has 0 atom stereocenters. The minimum atomic E-state index is -4.30. The van der Waals surface area contributed by atoms with Gasteiger partial charge in [0.2, 0.25) is 0 Å². The monoisotopic (exact) mass is 184 g/mol. The van der Waals surface area contributed by atoms with Crippen LogP contribution in [-0.4, -0.2) is 26.0 Å². The SMILES string of the molecule is COc1cccc(C(F)(F)F)c1.[LiH]. The van der Waals surface area contributed by atoms with E-state index in [-0.39, 0.29) is 24.6 Å². The van der Waals surface area contributed by atoms with Crippen LogP contribution >= 0.6 is 0 Å². The summed E-state index contributed by atoms with van der Waals surface area (Å²) < 4.78 is 40.8. The van der Waals surface area contributed by atoms with Gasteiger partial charge in [0, 0.05) is 0 Å². The molecule has 0 saturated carbocycles. The number of hydrogen-bond acceptors (Lipinski definition) is 1. The topological polar surface area (TPSA) is 9.23 Å². The number of ether oxygens (including phenoxy) is 1. The first-order valence-corrected chi connectivity index (χ1v) is 3.25. The first-order valence-electron chi connectivity index (χ1n) is 3.25. The molecule has 0 unspecified atom stereocenters. The number of benzene rings is 1. The fourth-order valence-electron chi connectivity index (χ4n) is 0.799. The Morgan fingerprint density at radius 1 is 1.23 bits per heavy atom. The predicted octanol–water partition coefficient (Wildman–Crippen LogP) is 2.07. The summed E-state index contributed by atoms with van der Waals surface area (Å²) in [5.41, 5.74) is -0.693. The van der Waals surface area contributed by atoms with Gasteiger partial charge < -0.3 is 4.74 Å². The second-order valence-corrected chi connectivity index (χ2v) is 2.23. The van der Waals surface area contributed by atoms with Crippen LogP contribution in [0.2, 0.25) is 0 Å². The van der Waals surface area contributed by atoms with Crippen molar-refractivity contribution in [1.82, 2.24) is 0 Å². The van der Waals surface area contributed by atoms with Crippen LogP contribution in [0.15, 0.2) is 24.3 Å². The van der Waals surface area contributed by atoms with Crippen molar-refractivity contribution in [1.29, 1.82) is 0 Å². The van der Waals surface area contributed by atoms with Crippen molar-refractivity contribution in [2.75, 3.05) is 7.11 Å². The van der Waals surface area contributed by atoms with Crippen molar-refractivity contribution in [3.05, 3.63) is 29.8 Å². The van der Waals surface area contributed by atoms with Crippen LogP contribution in [0.1, 0.15) is 5.56 Å². The molecule has 1 aromatic carbocycles. The third-order valence-electron chi connectivity index (χ3n) is 1.40. The standard InChI is InChI=1S/C8H7F3O.Li.H/c1-12-7-4-2-3-6(5-7)8(9,10)11;;/h2-5H,1H3;;. The fourth-order valence-corrected chi connectivity index (χ4v) is 0.799. The molecule has 0 aliphatic rings. The van der Waals surface area contributed by atoms with Crippen molar-refractivity contribution < 1.29 is 17.9 Å². The van der Waals surface area contributed by atoms with E-state index in [0.717, 1.165) is 12.1 Å². The molecule has 1 rings (SSSR count). The van der Waals surface area contributed by atoms with E-state index >= 15 is 0 Å². The molecule has 5 heteroatoms. The minimum absolute atomic E-state index is 0. The van der Waals surface area contributed by atoms with Crippen LogP contribution in [0, 0.1) is 0 Å². The van der Waals surface area contributed by atoms with Gasteiger partial charge in [-0.05, 0) is 18.2 Å². The Morgan fingerprint density at radius 2 is 1.85 bits per heavy atom. The van der Waals surface area contributed by atoms with Gasteiger partial charge in [-0.1, -0.05) is 6.07 Å². The Morgan fingerprint density at radius 3 is 2.31 bits per heavy atom. The molecule has 1 nitrogen and oxygen atoms in total. The van der Waals surface area contributed by atoms with Gasteiger partial charge in [0.05, 0.1) is 12.7 Å². The summed E-state index contributed by atoms with van der Waals surface area (Å²) in [6, 6.07) is 4.74. The van der Waals surface area contributed by atoms with E-state index in [4.69, 9.17) is 0 Å². The van der Waals surface area contributed by atoms with Gasteiger partial charge in [0.1, 0.15) is 5.75 Å². The number of rotatable bonds is 1. The van der Waals surface area contributed by atoms with Gasteiger partial charge in [0.15, 0.2) is 0 Å². The van der Waals surface area contributed by atoms with Crippen molar-refractivity contribution in [2.24, 2.45) is 0 Å². The summed E-state index contributed by atoms with van der Waals surface area (Å²) in [6.07, 6.45) is -4.30. The molecule has 0 aliphatic heterocycles. The molecule has 1 aromatic rings. The molecule has 0 aromatic heterocycles. The third-order valence-corrected chi connectivity index (χ3v) is 1.40. The first-order chi connectivity index (χ1) is 5.54. The molecule has 0 fully saturated rings. The zero-order valence-electron chi connectivity index (χ0n) is 6.35. The van der Waals surface area contributed by atoms with E-state index in [1.807, 2.05) is 0 Å². The average Bonchev–Trinajstić information content (AvgIpc) is 2.03. The van der Waals surface area contributed by atoms with E-state index in [1.54, 1.807) is 0 Å². The maximum atomic E-state index is 12.0. The van der Waals surface area contributed by atoms with Crippen LogP contribution in [-0.2, 0) is 6.18 Å². The van der Waals surface area contributed by atoms with Crippen LogP contribution in [0.5, 0.6) is 5.75 Å². The average molecular weight is 184 g/mol. The summed E-state index contributed by atoms with van der Waals surface area (Å²) in [5.74, 6) is 0.213. The Balaban J connectivity index is 0.00000144. The van der Waals surface area contributed by atoms with Gasteiger partial charge in [-0.2, -0.15) is 13.2 Å². The zero-order chi connectivity index (χ0) is 9.19. The molecule has 0 N–H and O–H groups in total. The van der Waals surface area contributed by atoms with Crippen LogP contribution in [0.3, 0.4) is 0 Å². The van der Waals surface area contributed by atoms with Crippen LogP contribution < -0.4 is 4.74 Å². The molecule has 0 bridgehead atoms. The van der Waals surface area contributed by atoms with Crippen molar-refractivity contribution >= 4 is 18.9 Å². The summed E-state index contributed by atoms with van der Waals surface area (Å²) in [4.78, 5) is 0. The second-order valence-electron chi connectivity index (χ2n) is 2.23. The third kappa shape index (κ3) is 3.33. The Hall–Kier alpha value is -0.593. The van der Waals surface area contributed by atoms with Gasteiger partial charge >= 0.3 is 25.0 Å². The summed E-state index contributed by atoms with van der Waals surface area (Å²) >= 11 is 0. The first kappa shape index (κ1) is 12.4. The normalized spacial score (nSPS) is 10.5. The molecule has 0 aliphatic carbocycles. The number of hydrogen-bond donors (Lipinski definition) is 0. The molecule has 68 valence electrons. The van der Waals surface area contributed by atoms with E-state index in [2.05, 4.69) is 4.74 Å². The van der Waals surface area contributed by atoms with E-state index < -0.39 is 11.7 Å². The number of methoxy groups -OCH3 is 1. The van der Waals surface area contributed by atoms with Gasteiger partial charge in [0.25, 0.3) is 0 Å². The molecule has 0 radical (unpaired) electrons. The van der Waals surface area contributed by atoms with Gasteiger partial charge in [-0.15, -0.1) is 0 Å². The molecule has 0 saturated heterocycles. The fraction of sp³-hybridized carbons (Fsp3) is 0.250. The molecule has 13 heavy (non-hydrogen) atoms. The maximum absolute atomic E-state index is 12.0. The van der Waals surface area contributed by atoms with Gasteiger partial charge in [-0.3, -0.25) is 0 Å². The predicted molar refractivity (Wildman–Crippen MR) is 45.1 cm³/mol. The Kier molecular flexibility index (Phi) is 4.38. The molecular formula is C8H8F3LiO. The van der Waals surface area contributed by atoms with Gasteiger partial charge in [-0.25, -0.2) is 0 Å². The Bertz CT molecular complexity index is 272. The molecular weight excluding hydrogens is 176 g/mol.